The predicted molar refractivity (Wildman–Crippen MR) is 106 cm³/mol. The van der Waals surface area contributed by atoms with E-state index in [4.69, 9.17) is 5.11 Å². The molecule has 0 aromatic carbocycles. The van der Waals surface area contributed by atoms with Gasteiger partial charge in [-0.05, 0) is 62.7 Å². The zero-order valence-corrected chi connectivity index (χ0v) is 16.4. The maximum Gasteiger partial charge on any atom is 0.303 e. The van der Waals surface area contributed by atoms with Gasteiger partial charge in [-0.2, -0.15) is 0 Å². The number of carboxylic acid groups (broad SMARTS) is 1. The van der Waals surface area contributed by atoms with E-state index in [0.717, 1.165) is 44.4 Å². The topological polar surface area (TPSA) is 77.8 Å². The van der Waals surface area contributed by atoms with Gasteiger partial charge in [-0.3, -0.25) is 4.79 Å². The maximum atomic E-state index is 10.6. The van der Waals surface area contributed by atoms with Crippen molar-refractivity contribution in [3.8, 4) is 0 Å². The van der Waals surface area contributed by atoms with E-state index in [2.05, 4.69) is 12.2 Å². The summed E-state index contributed by atoms with van der Waals surface area (Å²) in [5.41, 5.74) is 1.43. The number of unbranched alkanes of at least 4 members (excludes halogenated alkanes) is 1. The van der Waals surface area contributed by atoms with Crippen LogP contribution in [-0.2, 0) is 4.79 Å². The van der Waals surface area contributed by atoms with Gasteiger partial charge >= 0.3 is 5.97 Å². The molecule has 5 atom stereocenters. The highest BCUT2D eigenvalue weighted by Crippen LogP contribution is 2.50. The van der Waals surface area contributed by atoms with Crippen molar-refractivity contribution in [1.82, 2.24) is 0 Å². The van der Waals surface area contributed by atoms with Gasteiger partial charge in [0.1, 0.15) is 0 Å². The molecular weight excluding hydrogens is 340 g/mol. The molecular formula is C23H36O4. The summed E-state index contributed by atoms with van der Waals surface area (Å²) in [6, 6.07) is 0. The second-order valence-electron chi connectivity index (χ2n) is 9.04. The molecule has 4 heteroatoms. The summed E-state index contributed by atoms with van der Waals surface area (Å²) in [4.78, 5) is 10.6. The lowest BCUT2D eigenvalue weighted by Gasteiger charge is -2.18. The molecule has 3 aliphatic rings. The number of aliphatic hydroxyl groups excluding tert-OH is 2. The van der Waals surface area contributed by atoms with Crippen molar-refractivity contribution in [3.63, 3.8) is 0 Å². The number of fused-ring (bicyclic) bond motifs is 1. The van der Waals surface area contributed by atoms with Crippen molar-refractivity contribution in [1.29, 1.82) is 0 Å². The third-order valence-corrected chi connectivity index (χ3v) is 7.04. The number of carboxylic acids is 1. The van der Waals surface area contributed by atoms with Gasteiger partial charge < -0.3 is 15.3 Å². The summed E-state index contributed by atoms with van der Waals surface area (Å²) in [5.74, 6) is 1.25. The van der Waals surface area contributed by atoms with Crippen molar-refractivity contribution < 1.29 is 20.1 Å². The Morgan fingerprint density at radius 3 is 2.74 bits per heavy atom. The smallest absolute Gasteiger partial charge is 0.303 e. The molecule has 0 spiro atoms. The van der Waals surface area contributed by atoms with E-state index < -0.39 is 5.97 Å². The predicted octanol–water partition coefficient (Wildman–Crippen LogP) is 4.46. The quantitative estimate of drug-likeness (QED) is 0.410. The molecule has 4 nitrogen and oxygen atoms in total. The standard InChI is InChI=1S/C23H36O4/c24-19(10-9-16-5-1-2-6-16)11-12-20-21-14-17(7-3-4-8-23(26)27)13-18(21)15-22(20)25/h7,11-12,16,18-22,24-25H,1-6,8-10,13-15H2,(H,26,27)/t18-,19-,20-,21+,22-/m1/s1. The summed E-state index contributed by atoms with van der Waals surface area (Å²) in [5, 5.41) is 29.5. The lowest BCUT2D eigenvalue weighted by molar-refractivity contribution is -0.137. The Morgan fingerprint density at radius 1 is 1.22 bits per heavy atom. The first-order valence-corrected chi connectivity index (χ1v) is 11.0. The fraction of sp³-hybridized carbons (Fsp3) is 0.783. The minimum absolute atomic E-state index is 0.154. The van der Waals surface area contributed by atoms with Crippen LogP contribution in [0.3, 0.4) is 0 Å². The Morgan fingerprint density at radius 2 is 2.00 bits per heavy atom. The number of carbonyl (C=O) groups is 1. The highest BCUT2D eigenvalue weighted by atomic mass is 16.4. The van der Waals surface area contributed by atoms with Gasteiger partial charge in [-0.1, -0.05) is 49.5 Å². The van der Waals surface area contributed by atoms with E-state index in [1.165, 1.54) is 31.3 Å². The first kappa shape index (κ1) is 20.6. The van der Waals surface area contributed by atoms with Gasteiger partial charge in [-0.15, -0.1) is 0 Å². The third kappa shape index (κ3) is 5.92. The SMILES string of the molecule is O=C(O)CCCC=C1C[C@@H]2C[C@@H](O)[C@H](C=C[C@H](O)CCC3CCCC3)[C@H]2C1. The molecule has 0 aromatic rings. The Balaban J connectivity index is 1.45. The van der Waals surface area contributed by atoms with Gasteiger partial charge in [0, 0.05) is 12.3 Å². The maximum absolute atomic E-state index is 10.6. The molecule has 0 unspecified atom stereocenters. The van der Waals surface area contributed by atoms with Crippen LogP contribution in [-0.4, -0.2) is 33.5 Å². The van der Waals surface area contributed by atoms with Crippen LogP contribution in [0.15, 0.2) is 23.8 Å². The molecule has 0 radical (unpaired) electrons. The number of aliphatic hydroxyl groups is 2. The number of rotatable bonds is 9. The van der Waals surface area contributed by atoms with Crippen LogP contribution in [0.4, 0.5) is 0 Å². The highest BCUT2D eigenvalue weighted by Gasteiger charge is 2.44. The molecule has 0 aliphatic heterocycles. The Hall–Kier alpha value is -1.13. The van der Waals surface area contributed by atoms with Crippen LogP contribution in [0.2, 0.25) is 0 Å². The minimum Gasteiger partial charge on any atom is -0.481 e. The van der Waals surface area contributed by atoms with Crippen LogP contribution in [0, 0.1) is 23.7 Å². The number of hydrogen-bond acceptors (Lipinski definition) is 3. The van der Waals surface area contributed by atoms with Crippen molar-refractivity contribution in [2.24, 2.45) is 23.7 Å². The van der Waals surface area contributed by atoms with Crippen LogP contribution >= 0.6 is 0 Å². The molecule has 0 aromatic heterocycles. The first-order chi connectivity index (χ1) is 13.0. The Labute approximate surface area is 163 Å². The van der Waals surface area contributed by atoms with Gasteiger partial charge in [0.15, 0.2) is 0 Å². The lowest BCUT2D eigenvalue weighted by atomic mass is 9.90. The van der Waals surface area contributed by atoms with Crippen LogP contribution in [0.25, 0.3) is 0 Å². The van der Waals surface area contributed by atoms with Crippen LogP contribution in [0.5, 0.6) is 0 Å². The van der Waals surface area contributed by atoms with E-state index in [1.807, 2.05) is 6.08 Å². The van der Waals surface area contributed by atoms with Gasteiger partial charge in [0.05, 0.1) is 12.2 Å². The van der Waals surface area contributed by atoms with Gasteiger partial charge in [-0.25, -0.2) is 0 Å². The highest BCUT2D eigenvalue weighted by molar-refractivity contribution is 5.66. The molecule has 152 valence electrons. The average Bonchev–Trinajstić information content (AvgIpc) is 3.32. The van der Waals surface area contributed by atoms with Crippen molar-refractivity contribution in [3.05, 3.63) is 23.8 Å². The van der Waals surface area contributed by atoms with E-state index in [1.54, 1.807) is 0 Å². The van der Waals surface area contributed by atoms with Crippen molar-refractivity contribution in [2.45, 2.75) is 89.3 Å². The molecule has 3 fully saturated rings. The Bertz CT molecular complexity index is 547. The normalized spacial score (nSPS) is 33.9. The van der Waals surface area contributed by atoms with Gasteiger partial charge in [0.25, 0.3) is 0 Å². The second kappa shape index (κ2) is 9.88. The minimum atomic E-state index is -0.725. The molecule has 0 heterocycles. The summed E-state index contributed by atoms with van der Waals surface area (Å²) in [7, 11) is 0. The summed E-state index contributed by atoms with van der Waals surface area (Å²) in [6.45, 7) is 0. The molecule has 0 bridgehead atoms. The number of aliphatic carboxylic acids is 1. The monoisotopic (exact) mass is 376 g/mol. The van der Waals surface area contributed by atoms with Gasteiger partial charge in [0.2, 0.25) is 0 Å². The first-order valence-electron chi connectivity index (χ1n) is 11.0. The Kier molecular flexibility index (Phi) is 7.54. The lowest BCUT2D eigenvalue weighted by Crippen LogP contribution is -2.17. The van der Waals surface area contributed by atoms with Crippen LogP contribution < -0.4 is 0 Å². The number of hydrogen-bond donors (Lipinski definition) is 3. The molecule has 0 saturated heterocycles. The fourth-order valence-corrected chi connectivity index (χ4v) is 5.56. The second-order valence-corrected chi connectivity index (χ2v) is 9.04. The summed E-state index contributed by atoms with van der Waals surface area (Å²) in [6.07, 6.45) is 17.6. The van der Waals surface area contributed by atoms with E-state index in [0.29, 0.717) is 18.3 Å². The van der Waals surface area contributed by atoms with E-state index in [9.17, 15) is 15.0 Å². The zero-order valence-electron chi connectivity index (χ0n) is 16.4. The molecule has 3 N–H and O–H groups in total. The fourth-order valence-electron chi connectivity index (χ4n) is 5.56. The molecule has 0 amide bonds. The average molecular weight is 377 g/mol. The number of allylic oxidation sites excluding steroid dienone is 2. The third-order valence-electron chi connectivity index (χ3n) is 7.04. The van der Waals surface area contributed by atoms with Crippen LogP contribution in [0.1, 0.15) is 77.0 Å². The molecule has 27 heavy (non-hydrogen) atoms. The molecule has 3 rings (SSSR count). The largest absolute Gasteiger partial charge is 0.481 e. The van der Waals surface area contributed by atoms with E-state index in [-0.39, 0.29) is 24.5 Å². The molecule has 3 aliphatic carbocycles. The van der Waals surface area contributed by atoms with E-state index >= 15 is 0 Å². The van der Waals surface area contributed by atoms with Crippen molar-refractivity contribution >= 4 is 5.97 Å². The summed E-state index contributed by atoms with van der Waals surface area (Å²) >= 11 is 0. The van der Waals surface area contributed by atoms with Crippen molar-refractivity contribution in [2.75, 3.05) is 0 Å². The molecule has 3 saturated carbocycles. The summed E-state index contributed by atoms with van der Waals surface area (Å²) < 4.78 is 0. The zero-order chi connectivity index (χ0) is 19.2.